The van der Waals surface area contributed by atoms with E-state index in [1.807, 2.05) is 38.4 Å². The minimum Gasteiger partial charge on any atom is -1.00 e. The zero-order valence-corrected chi connectivity index (χ0v) is 12.0. The predicted octanol–water partition coefficient (Wildman–Crippen LogP) is -0.254. The van der Waals surface area contributed by atoms with Crippen LogP contribution in [0.4, 0.5) is 5.82 Å². The van der Waals surface area contributed by atoms with Crippen LogP contribution in [0.2, 0.25) is 5.02 Å². The van der Waals surface area contributed by atoms with Gasteiger partial charge in [0.15, 0.2) is 0 Å². The fourth-order valence-electron chi connectivity index (χ4n) is 1.79. The van der Waals surface area contributed by atoms with E-state index in [-0.39, 0.29) is 12.4 Å². The average molecular weight is 283 g/mol. The van der Waals surface area contributed by atoms with Crippen LogP contribution in [0.3, 0.4) is 0 Å². The molecule has 0 aliphatic heterocycles. The van der Waals surface area contributed by atoms with Crippen molar-refractivity contribution in [2.24, 2.45) is 0 Å². The number of nitrogens with zero attached hydrogens (tertiary/aromatic N) is 2. The highest BCUT2D eigenvalue weighted by molar-refractivity contribution is 6.30. The molecule has 18 heavy (non-hydrogen) atoms. The van der Waals surface area contributed by atoms with Crippen molar-refractivity contribution in [3.8, 4) is 0 Å². The first-order valence-corrected chi connectivity index (χ1v) is 5.95. The Morgan fingerprint density at radius 2 is 1.72 bits per heavy atom. The smallest absolute Gasteiger partial charge is 0.276 e. The minimum atomic E-state index is 0. The van der Waals surface area contributed by atoms with Gasteiger partial charge in [0, 0.05) is 11.1 Å². The van der Waals surface area contributed by atoms with Gasteiger partial charge in [-0.05, 0) is 23.8 Å². The van der Waals surface area contributed by atoms with E-state index in [1.165, 1.54) is 11.4 Å². The summed E-state index contributed by atoms with van der Waals surface area (Å²) in [6, 6.07) is 14.2. The molecular weight excluding hydrogens is 267 g/mol. The summed E-state index contributed by atoms with van der Waals surface area (Å²) in [6.45, 7) is 0.853. The zero-order valence-electron chi connectivity index (χ0n) is 10.5. The number of hydrogen-bond donors (Lipinski definition) is 0. The monoisotopic (exact) mass is 282 g/mol. The van der Waals surface area contributed by atoms with Crippen LogP contribution >= 0.6 is 11.6 Å². The van der Waals surface area contributed by atoms with Gasteiger partial charge in [0.05, 0.1) is 20.3 Å². The predicted molar refractivity (Wildman–Crippen MR) is 71.5 cm³/mol. The Morgan fingerprint density at radius 1 is 1.06 bits per heavy atom. The number of anilines is 1. The molecule has 2 nitrogen and oxygen atoms in total. The van der Waals surface area contributed by atoms with Crippen molar-refractivity contribution < 1.29 is 17.0 Å². The van der Waals surface area contributed by atoms with Crippen molar-refractivity contribution in [3.63, 3.8) is 0 Å². The lowest BCUT2D eigenvalue weighted by atomic mass is 10.2. The van der Waals surface area contributed by atoms with Gasteiger partial charge >= 0.3 is 0 Å². The summed E-state index contributed by atoms with van der Waals surface area (Å²) >= 11 is 5.88. The van der Waals surface area contributed by atoms with Gasteiger partial charge < -0.3 is 12.4 Å². The van der Waals surface area contributed by atoms with Gasteiger partial charge in [-0.15, -0.1) is 0 Å². The molecule has 0 aliphatic carbocycles. The SMILES string of the molecule is CN(C)c1cccc[n+]1Cc1ccc(Cl)cc1.[Cl-]. The Morgan fingerprint density at radius 3 is 2.33 bits per heavy atom. The normalized spacial score (nSPS) is 9.72. The van der Waals surface area contributed by atoms with Crippen molar-refractivity contribution in [2.45, 2.75) is 6.54 Å². The second-order valence-corrected chi connectivity index (χ2v) is 4.64. The van der Waals surface area contributed by atoms with Crippen LogP contribution in [0.5, 0.6) is 0 Å². The summed E-state index contributed by atoms with van der Waals surface area (Å²) in [6.07, 6.45) is 2.09. The Labute approximate surface area is 119 Å². The highest BCUT2D eigenvalue weighted by Crippen LogP contribution is 2.10. The molecule has 0 saturated carbocycles. The summed E-state index contributed by atoms with van der Waals surface area (Å²) < 4.78 is 2.21. The lowest BCUT2D eigenvalue weighted by Crippen LogP contribution is -3.00. The number of benzene rings is 1. The highest BCUT2D eigenvalue weighted by atomic mass is 35.5. The zero-order chi connectivity index (χ0) is 12.3. The third-order valence-corrected chi connectivity index (χ3v) is 2.89. The molecule has 4 heteroatoms. The fourth-order valence-corrected chi connectivity index (χ4v) is 1.92. The number of pyridine rings is 1. The number of rotatable bonds is 3. The van der Waals surface area contributed by atoms with Crippen molar-refractivity contribution >= 4 is 17.4 Å². The van der Waals surface area contributed by atoms with Crippen LogP contribution in [-0.4, -0.2) is 14.1 Å². The lowest BCUT2D eigenvalue weighted by molar-refractivity contribution is -0.675. The number of aromatic nitrogens is 1. The molecule has 0 atom stereocenters. The molecule has 0 amide bonds. The third-order valence-electron chi connectivity index (χ3n) is 2.64. The summed E-state index contributed by atoms with van der Waals surface area (Å²) in [7, 11) is 4.10. The second kappa shape index (κ2) is 6.62. The molecule has 96 valence electrons. The first-order chi connectivity index (χ1) is 8.16. The van der Waals surface area contributed by atoms with Crippen LogP contribution in [0, 0.1) is 0 Å². The Balaban J connectivity index is 0.00000162. The highest BCUT2D eigenvalue weighted by Gasteiger charge is 2.10. The van der Waals surface area contributed by atoms with E-state index in [0.29, 0.717) is 0 Å². The third kappa shape index (κ3) is 3.62. The Hall–Kier alpha value is -1.25. The topological polar surface area (TPSA) is 7.12 Å². The quantitative estimate of drug-likeness (QED) is 0.704. The van der Waals surface area contributed by atoms with Crippen molar-refractivity contribution in [3.05, 3.63) is 59.2 Å². The van der Waals surface area contributed by atoms with Gasteiger partial charge in [0.25, 0.3) is 5.82 Å². The summed E-state index contributed by atoms with van der Waals surface area (Å²) in [5.74, 6) is 1.18. The summed E-state index contributed by atoms with van der Waals surface area (Å²) in [4.78, 5) is 2.11. The Bertz CT molecular complexity index is 495. The molecule has 1 heterocycles. The fraction of sp³-hybridized carbons (Fsp3) is 0.214. The first kappa shape index (κ1) is 14.8. The largest absolute Gasteiger partial charge is 1.00 e. The molecule has 0 unspecified atom stereocenters. The van der Waals surface area contributed by atoms with Crippen LogP contribution in [-0.2, 0) is 6.54 Å². The van der Waals surface area contributed by atoms with E-state index >= 15 is 0 Å². The van der Waals surface area contributed by atoms with E-state index in [0.717, 1.165) is 11.6 Å². The van der Waals surface area contributed by atoms with E-state index in [9.17, 15) is 0 Å². The number of hydrogen-bond acceptors (Lipinski definition) is 1. The van der Waals surface area contributed by atoms with Gasteiger partial charge in [0.1, 0.15) is 6.54 Å². The van der Waals surface area contributed by atoms with Crippen LogP contribution in [0.1, 0.15) is 5.56 Å². The number of halogens is 2. The van der Waals surface area contributed by atoms with Crippen molar-refractivity contribution in [1.29, 1.82) is 0 Å². The second-order valence-electron chi connectivity index (χ2n) is 4.21. The first-order valence-electron chi connectivity index (χ1n) is 5.57. The van der Waals surface area contributed by atoms with Crippen molar-refractivity contribution in [1.82, 2.24) is 0 Å². The molecular formula is C14H16Cl2N2. The van der Waals surface area contributed by atoms with Gasteiger partial charge in [-0.25, -0.2) is 4.57 Å². The average Bonchev–Trinajstić information content (AvgIpc) is 2.32. The standard InChI is InChI=1S/C14H16ClN2.ClH/c1-16(2)14-5-3-4-10-17(14)11-12-6-8-13(15)9-7-12;/h3-10H,11H2,1-2H3;1H/q+1;/p-1. The van der Waals surface area contributed by atoms with Crippen LogP contribution in [0.15, 0.2) is 48.7 Å². The van der Waals surface area contributed by atoms with Gasteiger partial charge in [-0.2, -0.15) is 0 Å². The molecule has 2 rings (SSSR count). The van der Waals surface area contributed by atoms with Gasteiger partial charge in [-0.3, -0.25) is 4.90 Å². The van der Waals surface area contributed by atoms with E-state index < -0.39 is 0 Å². The summed E-state index contributed by atoms with van der Waals surface area (Å²) in [5.41, 5.74) is 1.24. The maximum absolute atomic E-state index is 5.88. The molecule has 2 aromatic rings. The summed E-state index contributed by atoms with van der Waals surface area (Å²) in [5, 5.41) is 0.777. The van der Waals surface area contributed by atoms with E-state index in [4.69, 9.17) is 11.6 Å². The maximum Gasteiger partial charge on any atom is 0.276 e. The molecule has 0 saturated heterocycles. The minimum absolute atomic E-state index is 0. The maximum atomic E-state index is 5.88. The molecule has 0 spiro atoms. The molecule has 0 aliphatic rings. The van der Waals surface area contributed by atoms with Gasteiger partial charge in [0.2, 0.25) is 0 Å². The van der Waals surface area contributed by atoms with Gasteiger partial charge in [-0.1, -0.05) is 29.8 Å². The van der Waals surface area contributed by atoms with E-state index in [2.05, 4.69) is 33.9 Å². The molecule has 1 aromatic carbocycles. The lowest BCUT2D eigenvalue weighted by Gasteiger charge is -2.10. The molecule has 0 bridgehead atoms. The van der Waals surface area contributed by atoms with E-state index in [1.54, 1.807) is 0 Å². The van der Waals surface area contributed by atoms with Crippen molar-refractivity contribution in [2.75, 3.05) is 19.0 Å². The van der Waals surface area contributed by atoms with Crippen LogP contribution in [0.25, 0.3) is 0 Å². The molecule has 0 fully saturated rings. The molecule has 0 N–H and O–H groups in total. The molecule has 0 radical (unpaired) electrons. The molecule has 1 aromatic heterocycles. The Kier molecular flexibility index (Phi) is 5.45. The van der Waals surface area contributed by atoms with Crippen LogP contribution < -0.4 is 21.9 Å².